The van der Waals surface area contributed by atoms with Crippen molar-refractivity contribution in [3.05, 3.63) is 0 Å². The topological polar surface area (TPSA) is 27.7 Å². The summed E-state index contributed by atoms with van der Waals surface area (Å²) in [5.41, 5.74) is 0. The third-order valence-electron chi connectivity index (χ3n) is 1.79. The van der Waals surface area contributed by atoms with Crippen LogP contribution >= 0.6 is 12.6 Å². The van der Waals surface area contributed by atoms with Crippen LogP contribution in [0.3, 0.4) is 0 Å². The fourth-order valence-electron chi connectivity index (χ4n) is 1.38. The molecule has 15 heavy (non-hydrogen) atoms. The first-order valence-electron chi connectivity index (χ1n) is 5.27. The number of hydrogen-bond acceptors (Lipinski definition) is 4. The van der Waals surface area contributed by atoms with E-state index in [0.717, 1.165) is 28.7 Å². The molecule has 0 aliphatic rings. The average Bonchev–Trinajstić information content (AvgIpc) is 2.09. The summed E-state index contributed by atoms with van der Waals surface area (Å²) in [4.78, 5) is 0. The fraction of sp³-hybridized carbons (Fsp3) is 1.00. The molecule has 0 N–H and O–H groups in total. The lowest BCUT2D eigenvalue weighted by molar-refractivity contribution is 0.366. The van der Waals surface area contributed by atoms with E-state index in [1.54, 1.807) is 0 Å². The molecule has 0 aromatic heterocycles. The molecule has 3 nitrogen and oxygen atoms in total. The second-order valence-electron chi connectivity index (χ2n) is 4.73. The van der Waals surface area contributed by atoms with Crippen LogP contribution in [0.25, 0.3) is 0 Å². The van der Waals surface area contributed by atoms with E-state index in [4.69, 9.17) is 12.3 Å². The minimum absolute atomic E-state index is 0.779. The van der Waals surface area contributed by atoms with Crippen LogP contribution in [-0.4, -0.2) is 43.1 Å². The molecule has 92 valence electrons. The third kappa shape index (κ3) is 8.86. The zero-order chi connectivity index (χ0) is 11.9. The summed E-state index contributed by atoms with van der Waals surface area (Å²) in [6, 6.07) is 1.04. The van der Waals surface area contributed by atoms with E-state index in [0.29, 0.717) is 0 Å². The van der Waals surface area contributed by atoms with E-state index in [1.807, 2.05) is 0 Å². The molecule has 0 aromatic rings. The minimum atomic E-state index is -1.95. The molecule has 1 unspecified atom stereocenters. The zero-order valence-corrected chi connectivity index (χ0v) is 16.8. The molecule has 0 saturated carbocycles. The van der Waals surface area contributed by atoms with Gasteiger partial charge in [-0.25, -0.2) is 0 Å². The Bertz CT molecular complexity index is 168. The largest absolute Gasteiger partial charge is 0.449 e. The van der Waals surface area contributed by atoms with Crippen molar-refractivity contribution in [2.75, 3.05) is 5.75 Å². The Morgan fingerprint density at radius 2 is 1.87 bits per heavy atom. The Morgan fingerprint density at radius 3 is 2.27 bits per heavy atom. The predicted octanol–water partition coefficient (Wildman–Crippen LogP) is 0.542. The Hall–Kier alpha value is 1.10. The lowest BCUT2D eigenvalue weighted by atomic mass is 10.6. The molecule has 0 radical (unpaired) electrons. The molecule has 0 aliphatic heterocycles. The second kappa shape index (κ2) is 7.43. The van der Waals surface area contributed by atoms with E-state index < -0.39 is 26.9 Å². The van der Waals surface area contributed by atoms with Crippen LogP contribution in [0.4, 0.5) is 0 Å². The first-order chi connectivity index (χ1) is 6.83. The van der Waals surface area contributed by atoms with Crippen LogP contribution in [0.1, 0.15) is 6.42 Å². The molecule has 0 bridgehead atoms. The SMILES string of the molecule is C[Si](C)(C)O[Si](C)(CCCS)O[SiH2]O[SiH3]. The van der Waals surface area contributed by atoms with E-state index in [2.05, 4.69) is 38.8 Å². The lowest BCUT2D eigenvalue weighted by Gasteiger charge is -2.33. The van der Waals surface area contributed by atoms with Gasteiger partial charge in [0.05, 0.1) is 0 Å². The van der Waals surface area contributed by atoms with Gasteiger partial charge in [-0.2, -0.15) is 12.6 Å². The Labute approximate surface area is 107 Å². The summed E-state index contributed by atoms with van der Waals surface area (Å²) in [7, 11) is -3.46. The maximum Gasteiger partial charge on any atom is 0.315 e. The lowest BCUT2D eigenvalue weighted by Crippen LogP contribution is -2.48. The zero-order valence-electron chi connectivity index (χ0n) is 10.5. The van der Waals surface area contributed by atoms with Gasteiger partial charge in [0.15, 0.2) is 8.32 Å². The quantitative estimate of drug-likeness (QED) is 0.524. The van der Waals surface area contributed by atoms with Gasteiger partial charge >= 0.3 is 8.56 Å². The van der Waals surface area contributed by atoms with E-state index >= 15 is 0 Å². The molecule has 8 heteroatoms. The van der Waals surface area contributed by atoms with Gasteiger partial charge in [-0.15, -0.1) is 0 Å². The van der Waals surface area contributed by atoms with E-state index in [1.165, 1.54) is 0 Å². The highest BCUT2D eigenvalue weighted by Gasteiger charge is 2.35. The van der Waals surface area contributed by atoms with Gasteiger partial charge in [0.1, 0.15) is 10.5 Å². The highest BCUT2D eigenvalue weighted by Crippen LogP contribution is 2.21. The van der Waals surface area contributed by atoms with Crippen molar-refractivity contribution >= 4 is 50.0 Å². The van der Waals surface area contributed by atoms with Gasteiger partial charge in [-0.3, -0.25) is 0 Å². The molecule has 1 atom stereocenters. The fourth-order valence-corrected chi connectivity index (χ4v) is 12.1. The molecule has 0 spiro atoms. The van der Waals surface area contributed by atoms with Crippen molar-refractivity contribution in [2.45, 2.75) is 38.7 Å². The first-order valence-corrected chi connectivity index (χ1v) is 13.8. The van der Waals surface area contributed by atoms with Crippen molar-refractivity contribution in [1.29, 1.82) is 0 Å². The summed E-state index contributed by atoms with van der Waals surface area (Å²) in [6.45, 7) is 8.81. The summed E-state index contributed by atoms with van der Waals surface area (Å²) in [6.07, 6.45) is 1.08. The number of hydrogen-bond donors (Lipinski definition) is 1. The monoisotopic (exact) mass is 300 g/mol. The Morgan fingerprint density at radius 1 is 1.27 bits per heavy atom. The van der Waals surface area contributed by atoms with E-state index in [9.17, 15) is 0 Å². The van der Waals surface area contributed by atoms with Crippen LogP contribution in [0.2, 0.25) is 32.2 Å². The maximum absolute atomic E-state index is 6.22. The summed E-state index contributed by atoms with van der Waals surface area (Å²) in [5.74, 6) is 0.907. The normalized spacial score (nSPS) is 17.4. The van der Waals surface area contributed by atoms with Crippen molar-refractivity contribution in [3.8, 4) is 0 Å². The van der Waals surface area contributed by atoms with Crippen LogP contribution < -0.4 is 0 Å². The summed E-state index contributed by atoms with van der Waals surface area (Å²) >= 11 is 4.24. The second-order valence-corrected chi connectivity index (χ2v) is 16.7. The van der Waals surface area contributed by atoms with Crippen molar-refractivity contribution in [1.82, 2.24) is 0 Å². The van der Waals surface area contributed by atoms with Crippen molar-refractivity contribution in [2.24, 2.45) is 0 Å². The predicted molar refractivity (Wildman–Crippen MR) is 80.0 cm³/mol. The average molecular weight is 301 g/mol. The molecule has 0 amide bonds. The van der Waals surface area contributed by atoms with Crippen LogP contribution in [-0.2, 0) is 12.3 Å². The van der Waals surface area contributed by atoms with Gasteiger partial charge < -0.3 is 12.3 Å². The van der Waals surface area contributed by atoms with Gasteiger partial charge in [-0.1, -0.05) is 0 Å². The summed E-state index contributed by atoms with van der Waals surface area (Å²) in [5, 5.41) is 0. The number of rotatable bonds is 8. The number of thiol groups is 1. The van der Waals surface area contributed by atoms with Crippen molar-refractivity contribution < 1.29 is 12.3 Å². The third-order valence-corrected chi connectivity index (χ3v) is 11.4. The minimum Gasteiger partial charge on any atom is -0.449 e. The Balaban J connectivity index is 4.26. The maximum atomic E-state index is 6.22. The van der Waals surface area contributed by atoms with Crippen LogP contribution in [0.15, 0.2) is 0 Å². The molecule has 0 heterocycles. The smallest absolute Gasteiger partial charge is 0.315 e. The highest BCUT2D eigenvalue weighted by atomic mass is 32.1. The first kappa shape index (κ1) is 16.1. The molecule has 0 fully saturated rings. The van der Waals surface area contributed by atoms with Gasteiger partial charge in [-0.05, 0) is 44.4 Å². The molecular formula is C7H24O3SSi4. The summed E-state index contributed by atoms with van der Waals surface area (Å²) < 4.78 is 17.4. The molecule has 0 rings (SSSR count). The van der Waals surface area contributed by atoms with Gasteiger partial charge in [0, 0.05) is 0 Å². The van der Waals surface area contributed by atoms with Crippen LogP contribution in [0.5, 0.6) is 0 Å². The molecule has 0 saturated heterocycles. The van der Waals surface area contributed by atoms with E-state index in [-0.39, 0.29) is 0 Å². The Kier molecular flexibility index (Phi) is 7.97. The van der Waals surface area contributed by atoms with Crippen molar-refractivity contribution in [3.63, 3.8) is 0 Å². The highest BCUT2D eigenvalue weighted by molar-refractivity contribution is 7.80. The molecule has 0 aliphatic carbocycles. The molecule has 0 aromatic carbocycles. The van der Waals surface area contributed by atoms with Gasteiger partial charge in [0.25, 0.3) is 10.0 Å². The molecular weight excluding hydrogens is 276 g/mol. The van der Waals surface area contributed by atoms with Gasteiger partial charge in [0.2, 0.25) is 0 Å². The van der Waals surface area contributed by atoms with Crippen LogP contribution in [0, 0.1) is 0 Å². The standard InChI is InChI=1S/C7H24O3SSi4/c1-14(2,3)10-15(4,7-5-6-11)9-13-8-12/h11H,5-7,13H2,1-4,12H3.